The van der Waals surface area contributed by atoms with E-state index in [2.05, 4.69) is 15.5 Å². The molecule has 134 valence electrons. The van der Waals surface area contributed by atoms with Crippen LogP contribution in [0.2, 0.25) is 0 Å². The van der Waals surface area contributed by atoms with Gasteiger partial charge in [0.2, 0.25) is 0 Å². The highest BCUT2D eigenvalue weighted by Gasteiger charge is 2.31. The molecule has 25 heavy (non-hydrogen) atoms. The first-order valence-corrected chi connectivity index (χ1v) is 7.60. The topological polar surface area (TPSA) is 74.5 Å². The van der Waals surface area contributed by atoms with Crippen LogP contribution in [0.1, 0.15) is 11.3 Å². The average Bonchev–Trinajstić information content (AvgIpc) is 2.99. The van der Waals surface area contributed by atoms with Gasteiger partial charge in [0.25, 0.3) is 0 Å². The second-order valence-corrected chi connectivity index (χ2v) is 5.63. The maximum absolute atomic E-state index is 12.6. The lowest BCUT2D eigenvalue weighted by atomic mass is 10.2. The number of aryl methyl sites for hydroxylation is 1. The maximum Gasteiger partial charge on any atom is 0.417 e. The van der Waals surface area contributed by atoms with Crippen molar-refractivity contribution in [2.24, 2.45) is 0 Å². The van der Waals surface area contributed by atoms with Gasteiger partial charge in [0.05, 0.1) is 5.56 Å². The van der Waals surface area contributed by atoms with E-state index in [1.165, 1.54) is 6.07 Å². The van der Waals surface area contributed by atoms with Gasteiger partial charge in [-0.2, -0.15) is 13.2 Å². The normalized spacial score (nSPS) is 15.4. The summed E-state index contributed by atoms with van der Waals surface area (Å²) < 4.78 is 42.6. The van der Waals surface area contributed by atoms with E-state index in [0.29, 0.717) is 43.6 Å². The number of aromatic nitrogens is 2. The number of hydrogen-bond donors (Lipinski definition) is 1. The SMILES string of the molecule is Cc1cc(NC(=O)N2CCN(c3ccc(C(F)(F)F)cn3)CC2)no1. The maximum atomic E-state index is 12.6. The molecule has 7 nitrogen and oxygen atoms in total. The molecule has 3 heterocycles. The average molecular weight is 355 g/mol. The summed E-state index contributed by atoms with van der Waals surface area (Å²) in [7, 11) is 0. The van der Waals surface area contributed by atoms with Crippen molar-refractivity contribution < 1.29 is 22.5 Å². The van der Waals surface area contributed by atoms with Gasteiger partial charge in [-0.1, -0.05) is 5.16 Å². The molecule has 1 aliphatic rings. The summed E-state index contributed by atoms with van der Waals surface area (Å²) in [6.45, 7) is 3.52. The van der Waals surface area contributed by atoms with Crippen LogP contribution in [0.15, 0.2) is 28.9 Å². The van der Waals surface area contributed by atoms with Crippen molar-refractivity contribution in [3.63, 3.8) is 0 Å². The van der Waals surface area contributed by atoms with E-state index in [1.54, 1.807) is 17.9 Å². The number of nitrogens with one attached hydrogen (secondary N) is 1. The fraction of sp³-hybridized carbons (Fsp3) is 0.400. The van der Waals surface area contributed by atoms with Gasteiger partial charge in [-0.15, -0.1) is 0 Å². The van der Waals surface area contributed by atoms with Crippen LogP contribution in [0.25, 0.3) is 0 Å². The van der Waals surface area contributed by atoms with Gasteiger partial charge in [-0.3, -0.25) is 5.32 Å². The predicted molar refractivity (Wildman–Crippen MR) is 83.3 cm³/mol. The Morgan fingerprint density at radius 3 is 2.48 bits per heavy atom. The fourth-order valence-electron chi connectivity index (χ4n) is 2.49. The minimum absolute atomic E-state index is 0.298. The highest BCUT2D eigenvalue weighted by Crippen LogP contribution is 2.29. The number of anilines is 2. The smallest absolute Gasteiger partial charge is 0.360 e. The molecule has 3 rings (SSSR count). The summed E-state index contributed by atoms with van der Waals surface area (Å²) in [6, 6.07) is 3.67. The molecule has 2 amide bonds. The fourth-order valence-corrected chi connectivity index (χ4v) is 2.49. The van der Waals surface area contributed by atoms with Crippen LogP contribution in [0, 0.1) is 6.92 Å². The number of pyridine rings is 1. The molecule has 0 saturated carbocycles. The van der Waals surface area contributed by atoms with Crippen molar-refractivity contribution in [3.05, 3.63) is 35.7 Å². The number of carbonyl (C=O) groups is 1. The molecule has 0 aliphatic carbocycles. The Morgan fingerprint density at radius 2 is 1.96 bits per heavy atom. The van der Waals surface area contributed by atoms with Gasteiger partial charge in [0.15, 0.2) is 5.82 Å². The number of nitrogens with zero attached hydrogens (tertiary/aromatic N) is 4. The molecule has 2 aromatic rings. The molecule has 0 bridgehead atoms. The number of alkyl halides is 3. The first kappa shape index (κ1) is 17.1. The molecule has 0 atom stereocenters. The molecule has 10 heteroatoms. The third-order valence-corrected chi connectivity index (χ3v) is 3.83. The van der Waals surface area contributed by atoms with Crippen molar-refractivity contribution in [1.82, 2.24) is 15.0 Å². The number of halogens is 3. The lowest BCUT2D eigenvalue weighted by Crippen LogP contribution is -2.50. The second kappa shape index (κ2) is 6.61. The van der Waals surface area contributed by atoms with Crippen molar-refractivity contribution in [3.8, 4) is 0 Å². The van der Waals surface area contributed by atoms with Crippen LogP contribution in [-0.4, -0.2) is 47.3 Å². The van der Waals surface area contributed by atoms with Crippen LogP contribution in [-0.2, 0) is 6.18 Å². The van der Waals surface area contributed by atoms with Crippen LogP contribution in [0.3, 0.4) is 0 Å². The summed E-state index contributed by atoms with van der Waals surface area (Å²) in [4.78, 5) is 19.5. The number of urea groups is 1. The van der Waals surface area contributed by atoms with E-state index in [-0.39, 0.29) is 6.03 Å². The molecule has 1 fully saturated rings. The Labute approximate surface area is 141 Å². The minimum atomic E-state index is -4.40. The number of carbonyl (C=O) groups excluding carboxylic acids is 1. The molecule has 0 spiro atoms. The van der Waals surface area contributed by atoms with E-state index < -0.39 is 11.7 Å². The Bertz CT molecular complexity index is 736. The number of amides is 2. The molecular weight excluding hydrogens is 339 g/mol. The van der Waals surface area contributed by atoms with E-state index >= 15 is 0 Å². The minimum Gasteiger partial charge on any atom is -0.360 e. The van der Waals surface area contributed by atoms with Crippen LogP contribution in [0.4, 0.5) is 29.6 Å². The van der Waals surface area contributed by atoms with Crippen molar-refractivity contribution >= 4 is 17.7 Å². The highest BCUT2D eigenvalue weighted by molar-refractivity contribution is 5.88. The summed E-state index contributed by atoms with van der Waals surface area (Å²) in [5.41, 5.74) is -0.780. The molecule has 2 aromatic heterocycles. The molecule has 0 radical (unpaired) electrons. The lowest BCUT2D eigenvalue weighted by molar-refractivity contribution is -0.137. The second-order valence-electron chi connectivity index (χ2n) is 5.63. The Kier molecular flexibility index (Phi) is 4.51. The van der Waals surface area contributed by atoms with E-state index in [0.717, 1.165) is 12.3 Å². The van der Waals surface area contributed by atoms with Crippen molar-refractivity contribution in [2.75, 3.05) is 36.4 Å². The molecule has 0 aromatic carbocycles. The third-order valence-electron chi connectivity index (χ3n) is 3.83. The van der Waals surface area contributed by atoms with Crippen LogP contribution < -0.4 is 10.2 Å². The monoisotopic (exact) mass is 355 g/mol. The van der Waals surface area contributed by atoms with E-state index in [1.807, 2.05) is 4.90 Å². The summed E-state index contributed by atoms with van der Waals surface area (Å²) in [5, 5.41) is 6.33. The molecule has 1 N–H and O–H groups in total. The number of hydrogen-bond acceptors (Lipinski definition) is 5. The zero-order valence-corrected chi connectivity index (χ0v) is 13.4. The molecule has 0 unspecified atom stereocenters. The zero-order valence-electron chi connectivity index (χ0n) is 13.4. The molecule has 1 saturated heterocycles. The van der Waals surface area contributed by atoms with Gasteiger partial charge in [-0.05, 0) is 19.1 Å². The third kappa shape index (κ3) is 4.01. The highest BCUT2D eigenvalue weighted by atomic mass is 19.4. The molecular formula is C15H16F3N5O2. The Morgan fingerprint density at radius 1 is 1.24 bits per heavy atom. The Hall–Kier alpha value is -2.78. The van der Waals surface area contributed by atoms with Gasteiger partial charge in [0, 0.05) is 38.4 Å². The largest absolute Gasteiger partial charge is 0.417 e. The first-order valence-electron chi connectivity index (χ1n) is 7.60. The summed E-state index contributed by atoms with van der Waals surface area (Å²) >= 11 is 0. The van der Waals surface area contributed by atoms with Crippen LogP contribution in [0.5, 0.6) is 0 Å². The van der Waals surface area contributed by atoms with Gasteiger partial charge >= 0.3 is 12.2 Å². The van der Waals surface area contributed by atoms with Crippen LogP contribution >= 0.6 is 0 Å². The number of rotatable bonds is 2. The van der Waals surface area contributed by atoms with Gasteiger partial charge < -0.3 is 14.3 Å². The first-order chi connectivity index (χ1) is 11.8. The standard InChI is InChI=1S/C15H16F3N5O2/c1-10-8-12(21-25-10)20-14(24)23-6-4-22(5-7-23)13-3-2-11(9-19-13)15(16,17)18/h2-3,8-9H,4-7H2,1H3,(H,20,21,24). The summed E-state index contributed by atoms with van der Waals surface area (Å²) in [6.07, 6.45) is -3.58. The van der Waals surface area contributed by atoms with E-state index in [9.17, 15) is 18.0 Å². The van der Waals surface area contributed by atoms with E-state index in [4.69, 9.17) is 4.52 Å². The molecule has 1 aliphatic heterocycles. The lowest BCUT2D eigenvalue weighted by Gasteiger charge is -2.35. The number of piperazine rings is 1. The zero-order chi connectivity index (χ0) is 18.0. The quantitative estimate of drug-likeness (QED) is 0.897. The van der Waals surface area contributed by atoms with Crippen molar-refractivity contribution in [1.29, 1.82) is 0 Å². The predicted octanol–water partition coefficient (Wildman–Crippen LogP) is 2.75. The van der Waals surface area contributed by atoms with Gasteiger partial charge in [-0.25, -0.2) is 9.78 Å². The Balaban J connectivity index is 1.55. The van der Waals surface area contributed by atoms with Gasteiger partial charge in [0.1, 0.15) is 11.6 Å². The summed E-state index contributed by atoms with van der Waals surface area (Å²) in [5.74, 6) is 1.39. The van der Waals surface area contributed by atoms with Crippen molar-refractivity contribution in [2.45, 2.75) is 13.1 Å².